The van der Waals surface area contributed by atoms with E-state index in [2.05, 4.69) is 11.1 Å². The summed E-state index contributed by atoms with van der Waals surface area (Å²) in [6.07, 6.45) is 1.97. The highest BCUT2D eigenvalue weighted by Gasteiger charge is 2.51. The van der Waals surface area contributed by atoms with Crippen molar-refractivity contribution in [3.63, 3.8) is 0 Å². The fraction of sp³-hybridized carbons (Fsp3) is 0.633. The molecule has 2 aliphatic rings. The number of oxazole rings is 1. The molecule has 1 aromatic heterocycles. The lowest BCUT2D eigenvalue weighted by Gasteiger charge is -2.32. The van der Waals surface area contributed by atoms with Gasteiger partial charge in [0.2, 0.25) is 0 Å². The summed E-state index contributed by atoms with van der Waals surface area (Å²) in [7, 11) is -0.524. The Hall–Kier alpha value is -2.65. The number of amides is 1. The molecule has 0 saturated carbocycles. The number of ether oxygens (including phenoxy) is 1. The van der Waals surface area contributed by atoms with Gasteiger partial charge in [-0.15, -0.1) is 0 Å². The van der Waals surface area contributed by atoms with Crippen molar-refractivity contribution in [3.05, 3.63) is 47.2 Å². The fourth-order valence-corrected chi connectivity index (χ4v) is 4.81. The van der Waals surface area contributed by atoms with E-state index in [0.29, 0.717) is 31.1 Å². The summed E-state index contributed by atoms with van der Waals surface area (Å²) in [6, 6.07) is 6.11. The van der Waals surface area contributed by atoms with E-state index in [1.54, 1.807) is 4.90 Å². The van der Waals surface area contributed by atoms with E-state index in [9.17, 15) is 9.59 Å². The quantitative estimate of drug-likeness (QED) is 0.361. The number of carbonyl (C=O) groups excluding carboxylic acids is 2. The maximum absolute atomic E-state index is 13.3. The number of carbonyl (C=O) groups is 2. The molecule has 8 nitrogen and oxygen atoms in total. The Bertz CT molecular complexity index is 1220. The Morgan fingerprint density at radius 3 is 2.28 bits per heavy atom. The lowest BCUT2D eigenvalue weighted by Crippen LogP contribution is -2.41. The van der Waals surface area contributed by atoms with Crippen molar-refractivity contribution < 1.29 is 28.1 Å². The van der Waals surface area contributed by atoms with E-state index in [1.807, 2.05) is 81.4 Å². The van der Waals surface area contributed by atoms with Crippen molar-refractivity contribution in [2.45, 2.75) is 117 Å². The molecule has 0 spiro atoms. The number of aromatic nitrogens is 1. The maximum Gasteiger partial charge on any atom is 0.494 e. The van der Waals surface area contributed by atoms with E-state index < -0.39 is 23.9 Å². The molecular formula is C30H43BN2O6. The summed E-state index contributed by atoms with van der Waals surface area (Å²) in [6.45, 7) is 20.5. The molecule has 1 amide bonds. The molecule has 0 unspecified atom stereocenters. The first-order chi connectivity index (χ1) is 17.9. The van der Waals surface area contributed by atoms with E-state index in [0.717, 1.165) is 16.6 Å². The molecule has 2 aromatic rings. The smallest absolute Gasteiger partial charge is 0.448 e. The van der Waals surface area contributed by atoms with Crippen LogP contribution < -0.4 is 5.46 Å². The molecule has 0 radical (unpaired) electrons. The summed E-state index contributed by atoms with van der Waals surface area (Å²) in [4.78, 5) is 32.6. The molecular weight excluding hydrogens is 495 g/mol. The second-order valence-corrected chi connectivity index (χ2v) is 13.8. The Balaban J connectivity index is 1.64. The Kier molecular flexibility index (Phi) is 7.58. The topological polar surface area (TPSA) is 91.1 Å². The molecule has 39 heavy (non-hydrogen) atoms. The lowest BCUT2D eigenvalue weighted by molar-refractivity contribution is 0.00578. The fourth-order valence-electron chi connectivity index (χ4n) is 4.81. The van der Waals surface area contributed by atoms with Crippen LogP contribution in [-0.4, -0.2) is 52.2 Å². The van der Waals surface area contributed by atoms with Gasteiger partial charge in [-0.05, 0) is 77.4 Å². The van der Waals surface area contributed by atoms with Crippen LogP contribution in [0.15, 0.2) is 28.9 Å². The minimum absolute atomic E-state index is 0.0778. The summed E-state index contributed by atoms with van der Waals surface area (Å²) in [5.74, 6) is 0.364. The first kappa shape index (κ1) is 29.3. The number of hydrogen-bond acceptors (Lipinski definition) is 7. The van der Waals surface area contributed by atoms with Crippen LogP contribution in [0.2, 0.25) is 0 Å². The third-order valence-corrected chi connectivity index (χ3v) is 7.76. The summed E-state index contributed by atoms with van der Waals surface area (Å²) < 4.78 is 23.9. The number of benzene rings is 1. The minimum atomic E-state index is -0.607. The largest absolute Gasteiger partial charge is 0.494 e. The van der Waals surface area contributed by atoms with Crippen LogP contribution in [0.3, 0.4) is 0 Å². The molecule has 1 atom stereocenters. The molecule has 3 heterocycles. The molecule has 0 bridgehead atoms. The Labute approximate surface area is 232 Å². The van der Waals surface area contributed by atoms with Gasteiger partial charge < -0.3 is 23.4 Å². The number of fused-ring (bicyclic) bond motifs is 1. The zero-order chi connectivity index (χ0) is 29.0. The van der Waals surface area contributed by atoms with E-state index in [-0.39, 0.29) is 29.6 Å². The van der Waals surface area contributed by atoms with E-state index in [1.165, 1.54) is 6.26 Å². The lowest BCUT2D eigenvalue weighted by atomic mass is 9.76. The van der Waals surface area contributed by atoms with Gasteiger partial charge in [-0.1, -0.05) is 39.0 Å². The summed E-state index contributed by atoms with van der Waals surface area (Å²) >= 11 is 0. The maximum atomic E-state index is 13.3. The monoisotopic (exact) mass is 538 g/mol. The minimum Gasteiger partial charge on any atom is -0.448 e. The van der Waals surface area contributed by atoms with Crippen LogP contribution >= 0.6 is 0 Å². The Morgan fingerprint density at radius 2 is 1.72 bits per heavy atom. The van der Waals surface area contributed by atoms with Gasteiger partial charge in [0.25, 0.3) is 0 Å². The molecule has 0 aliphatic carbocycles. The number of hydrogen-bond donors (Lipinski definition) is 0. The number of rotatable bonds is 4. The van der Waals surface area contributed by atoms with Crippen LogP contribution in [0.5, 0.6) is 0 Å². The average Bonchev–Trinajstić information content (AvgIpc) is 3.31. The number of nitrogens with zero attached hydrogens (tertiary/aromatic N) is 2. The van der Waals surface area contributed by atoms with Crippen molar-refractivity contribution >= 4 is 24.5 Å². The predicted molar refractivity (Wildman–Crippen MR) is 150 cm³/mol. The molecule has 4 rings (SSSR count). The standard InChI is InChI=1S/C30H43BN2O6/c1-27(2,3)25-32-23(18-36-25)24(34)16-19-13-14-33(26(35)37-28(4,5)6)17-20-15-21(11-12-22(19)20)31-38-29(7,8)30(9,10)39-31/h11-12,15,18-19H,13-14,16-17H2,1-10H3/t19-/m0/s1. The van der Waals surface area contributed by atoms with Crippen LogP contribution in [0.4, 0.5) is 4.79 Å². The second kappa shape index (κ2) is 10.1. The first-order valence-electron chi connectivity index (χ1n) is 13.8. The zero-order valence-corrected chi connectivity index (χ0v) is 25.1. The summed E-state index contributed by atoms with van der Waals surface area (Å²) in [5.41, 5.74) is 1.39. The number of Topliss-reactive ketones (excluding diaryl/α,β-unsaturated/α-hetero) is 1. The van der Waals surface area contributed by atoms with E-state index >= 15 is 0 Å². The second-order valence-electron chi connectivity index (χ2n) is 13.8. The summed E-state index contributed by atoms with van der Waals surface area (Å²) in [5, 5.41) is 0. The molecule has 9 heteroatoms. The van der Waals surface area contributed by atoms with Gasteiger partial charge in [-0.25, -0.2) is 9.78 Å². The number of ketones is 1. The average molecular weight is 538 g/mol. The SMILES string of the molecule is CC(C)(C)OC(=O)N1CC[C@@H](CC(=O)c2coc(C(C)(C)C)n2)c2ccc(B3OC(C)(C)C(C)(C)O3)cc2C1. The Morgan fingerprint density at radius 1 is 1.08 bits per heavy atom. The first-order valence-corrected chi connectivity index (χ1v) is 13.8. The van der Waals surface area contributed by atoms with Gasteiger partial charge in [0.05, 0.1) is 11.2 Å². The van der Waals surface area contributed by atoms with Crippen molar-refractivity contribution in [2.24, 2.45) is 0 Å². The van der Waals surface area contributed by atoms with Crippen molar-refractivity contribution in [1.29, 1.82) is 0 Å². The van der Waals surface area contributed by atoms with Crippen molar-refractivity contribution in [2.75, 3.05) is 6.54 Å². The van der Waals surface area contributed by atoms with Crippen LogP contribution in [-0.2, 0) is 26.0 Å². The predicted octanol–water partition coefficient (Wildman–Crippen LogP) is 5.77. The molecule has 0 N–H and O–H groups in total. The third-order valence-electron chi connectivity index (χ3n) is 7.76. The molecule has 2 aliphatic heterocycles. The molecule has 1 fully saturated rings. The van der Waals surface area contributed by atoms with Gasteiger partial charge >= 0.3 is 13.2 Å². The van der Waals surface area contributed by atoms with Gasteiger partial charge in [0.15, 0.2) is 11.7 Å². The highest BCUT2D eigenvalue weighted by Crippen LogP contribution is 2.38. The van der Waals surface area contributed by atoms with Crippen molar-refractivity contribution in [1.82, 2.24) is 9.88 Å². The van der Waals surface area contributed by atoms with E-state index in [4.69, 9.17) is 18.5 Å². The molecule has 1 aromatic carbocycles. The highest BCUT2D eigenvalue weighted by atomic mass is 16.7. The van der Waals surface area contributed by atoms with Gasteiger partial charge in [0, 0.05) is 24.9 Å². The zero-order valence-electron chi connectivity index (χ0n) is 25.1. The highest BCUT2D eigenvalue weighted by molar-refractivity contribution is 6.62. The van der Waals surface area contributed by atoms with Crippen LogP contribution in [0.1, 0.15) is 116 Å². The molecule has 212 valence electrons. The molecule has 1 saturated heterocycles. The van der Waals surface area contributed by atoms with Gasteiger partial charge in [-0.3, -0.25) is 4.79 Å². The van der Waals surface area contributed by atoms with Gasteiger partial charge in [-0.2, -0.15) is 0 Å². The van der Waals surface area contributed by atoms with Gasteiger partial charge in [0.1, 0.15) is 17.6 Å². The third kappa shape index (κ3) is 6.41. The van der Waals surface area contributed by atoms with Crippen LogP contribution in [0, 0.1) is 0 Å². The normalized spacial score (nSPS) is 20.9. The van der Waals surface area contributed by atoms with Crippen LogP contribution in [0.25, 0.3) is 0 Å². The van der Waals surface area contributed by atoms with Crippen molar-refractivity contribution in [3.8, 4) is 0 Å².